The Morgan fingerprint density at radius 3 is 2.50 bits per heavy atom. The number of carbonyl (C=O) groups excluding carboxylic acids is 1. The standard InChI is InChI=1S/C23H37N5O.HI/c1-4-24-23(26-20-12-15-28(17-20)22(29)18(2)3)25-16-21(27-13-8-9-14-27)19-10-6-5-7-11-19;/h5-7,10-11,18,20-21H,4,8-9,12-17H2,1-3H3,(H2,24,25,26);1H. The molecule has 1 aromatic carbocycles. The third-order valence-electron chi connectivity index (χ3n) is 5.87. The van der Waals surface area contributed by atoms with Gasteiger partial charge in [0.25, 0.3) is 0 Å². The molecular weight excluding hydrogens is 489 g/mol. The number of amides is 1. The lowest BCUT2D eigenvalue weighted by Gasteiger charge is -2.27. The maximum Gasteiger partial charge on any atom is 0.225 e. The largest absolute Gasteiger partial charge is 0.357 e. The number of halogens is 1. The first-order valence-electron chi connectivity index (χ1n) is 11.2. The summed E-state index contributed by atoms with van der Waals surface area (Å²) in [5, 5.41) is 6.96. The molecule has 2 N–H and O–H groups in total. The van der Waals surface area contributed by atoms with Crippen LogP contribution in [0.15, 0.2) is 35.3 Å². The molecule has 2 unspecified atom stereocenters. The highest BCUT2D eigenvalue weighted by atomic mass is 127. The summed E-state index contributed by atoms with van der Waals surface area (Å²) in [6.07, 6.45) is 3.51. The van der Waals surface area contributed by atoms with Gasteiger partial charge in [0, 0.05) is 31.6 Å². The van der Waals surface area contributed by atoms with Crippen LogP contribution in [0.1, 0.15) is 51.6 Å². The molecule has 0 radical (unpaired) electrons. The molecule has 2 heterocycles. The molecule has 30 heavy (non-hydrogen) atoms. The van der Waals surface area contributed by atoms with Crippen LogP contribution in [0.5, 0.6) is 0 Å². The highest BCUT2D eigenvalue weighted by Crippen LogP contribution is 2.25. The van der Waals surface area contributed by atoms with Crippen molar-refractivity contribution in [2.75, 3.05) is 39.3 Å². The third kappa shape index (κ3) is 6.83. The van der Waals surface area contributed by atoms with Crippen molar-refractivity contribution >= 4 is 35.8 Å². The van der Waals surface area contributed by atoms with Gasteiger partial charge in [-0.25, -0.2) is 0 Å². The van der Waals surface area contributed by atoms with E-state index in [0.29, 0.717) is 6.04 Å². The lowest BCUT2D eigenvalue weighted by molar-refractivity contribution is -0.133. The zero-order chi connectivity index (χ0) is 20.6. The van der Waals surface area contributed by atoms with Crippen molar-refractivity contribution in [3.63, 3.8) is 0 Å². The Morgan fingerprint density at radius 2 is 1.87 bits per heavy atom. The SMILES string of the molecule is CCNC(=NCC(c1ccccc1)N1CCCC1)NC1CCN(C(=O)C(C)C)C1.I. The van der Waals surface area contributed by atoms with Crippen LogP contribution in [-0.2, 0) is 4.79 Å². The van der Waals surface area contributed by atoms with Gasteiger partial charge in [-0.3, -0.25) is 14.7 Å². The highest BCUT2D eigenvalue weighted by molar-refractivity contribution is 14.0. The Hall–Kier alpha value is -1.35. The molecule has 2 atom stereocenters. The monoisotopic (exact) mass is 527 g/mol. The van der Waals surface area contributed by atoms with Crippen LogP contribution < -0.4 is 10.6 Å². The van der Waals surface area contributed by atoms with Crippen LogP contribution in [0.25, 0.3) is 0 Å². The molecule has 0 aliphatic carbocycles. The van der Waals surface area contributed by atoms with Crippen molar-refractivity contribution in [1.82, 2.24) is 20.4 Å². The van der Waals surface area contributed by atoms with Crippen LogP contribution in [0.4, 0.5) is 0 Å². The maximum atomic E-state index is 12.3. The van der Waals surface area contributed by atoms with E-state index in [2.05, 4.69) is 52.8 Å². The topological polar surface area (TPSA) is 60.0 Å². The smallest absolute Gasteiger partial charge is 0.225 e. The summed E-state index contributed by atoms with van der Waals surface area (Å²) in [7, 11) is 0. The van der Waals surface area contributed by atoms with Crippen LogP contribution in [0.2, 0.25) is 0 Å². The van der Waals surface area contributed by atoms with E-state index in [1.54, 1.807) is 0 Å². The van der Waals surface area contributed by atoms with E-state index in [9.17, 15) is 4.79 Å². The van der Waals surface area contributed by atoms with Crippen LogP contribution in [-0.4, -0.2) is 67.0 Å². The van der Waals surface area contributed by atoms with E-state index < -0.39 is 0 Å². The van der Waals surface area contributed by atoms with Gasteiger partial charge in [-0.05, 0) is 44.8 Å². The first kappa shape index (κ1) is 24.9. The van der Waals surface area contributed by atoms with Gasteiger partial charge in [0.15, 0.2) is 5.96 Å². The normalized spacial score (nSPS) is 20.9. The molecule has 6 nitrogen and oxygen atoms in total. The fourth-order valence-corrected chi connectivity index (χ4v) is 4.29. The van der Waals surface area contributed by atoms with E-state index in [0.717, 1.165) is 51.6 Å². The van der Waals surface area contributed by atoms with Crippen molar-refractivity contribution in [2.24, 2.45) is 10.9 Å². The Kier molecular flexibility index (Phi) is 10.4. The minimum atomic E-state index is 0. The summed E-state index contributed by atoms with van der Waals surface area (Å²) >= 11 is 0. The quantitative estimate of drug-likeness (QED) is 0.325. The zero-order valence-corrected chi connectivity index (χ0v) is 21.0. The van der Waals surface area contributed by atoms with Gasteiger partial charge in [0.05, 0.1) is 12.6 Å². The third-order valence-corrected chi connectivity index (χ3v) is 5.87. The van der Waals surface area contributed by atoms with Gasteiger partial charge in [0.2, 0.25) is 5.91 Å². The Balaban J connectivity index is 0.00000320. The summed E-state index contributed by atoms with van der Waals surface area (Å²) in [4.78, 5) is 21.8. The van der Waals surface area contributed by atoms with Crippen LogP contribution >= 0.6 is 24.0 Å². The number of hydrogen-bond donors (Lipinski definition) is 2. The summed E-state index contributed by atoms with van der Waals surface area (Å²) in [6.45, 7) is 11.5. The molecule has 1 aromatic rings. The number of nitrogens with one attached hydrogen (secondary N) is 2. The Labute approximate surface area is 198 Å². The lowest BCUT2D eigenvalue weighted by Crippen LogP contribution is -2.45. The van der Waals surface area contributed by atoms with Crippen LogP contribution in [0.3, 0.4) is 0 Å². The number of nitrogens with zero attached hydrogens (tertiary/aromatic N) is 3. The zero-order valence-electron chi connectivity index (χ0n) is 18.6. The molecule has 0 spiro atoms. The van der Waals surface area contributed by atoms with E-state index in [-0.39, 0.29) is 41.8 Å². The molecule has 0 bridgehead atoms. The predicted octanol–water partition coefficient (Wildman–Crippen LogP) is 3.25. The summed E-state index contributed by atoms with van der Waals surface area (Å²) in [5.41, 5.74) is 1.34. The first-order valence-corrected chi connectivity index (χ1v) is 11.2. The predicted molar refractivity (Wildman–Crippen MR) is 134 cm³/mol. The van der Waals surface area contributed by atoms with Gasteiger partial charge in [-0.1, -0.05) is 44.2 Å². The number of guanidine groups is 1. The lowest BCUT2D eigenvalue weighted by atomic mass is 10.1. The van der Waals surface area contributed by atoms with Gasteiger partial charge in [-0.2, -0.15) is 0 Å². The Morgan fingerprint density at radius 1 is 1.17 bits per heavy atom. The molecule has 168 valence electrons. The van der Waals surface area contributed by atoms with Crippen molar-refractivity contribution in [1.29, 1.82) is 0 Å². The molecule has 0 saturated carbocycles. The molecule has 0 aromatic heterocycles. The fraction of sp³-hybridized carbons (Fsp3) is 0.652. The van der Waals surface area contributed by atoms with Crippen molar-refractivity contribution in [2.45, 2.75) is 52.1 Å². The summed E-state index contributed by atoms with van der Waals surface area (Å²) < 4.78 is 0. The summed E-state index contributed by atoms with van der Waals surface area (Å²) in [5.74, 6) is 1.16. The second kappa shape index (κ2) is 12.5. The summed E-state index contributed by atoms with van der Waals surface area (Å²) in [6, 6.07) is 11.3. The van der Waals surface area contributed by atoms with E-state index in [1.807, 2.05) is 18.7 Å². The fourth-order valence-electron chi connectivity index (χ4n) is 4.29. The number of hydrogen-bond acceptors (Lipinski definition) is 3. The second-order valence-corrected chi connectivity index (χ2v) is 8.46. The van der Waals surface area contributed by atoms with E-state index in [4.69, 9.17) is 4.99 Å². The molecule has 2 aliphatic heterocycles. The number of carbonyl (C=O) groups is 1. The molecule has 2 aliphatic rings. The van der Waals surface area contributed by atoms with Gasteiger partial charge in [-0.15, -0.1) is 24.0 Å². The van der Waals surface area contributed by atoms with Crippen molar-refractivity contribution in [3.8, 4) is 0 Å². The van der Waals surface area contributed by atoms with Crippen molar-refractivity contribution < 1.29 is 4.79 Å². The number of aliphatic imine (C=N–C) groups is 1. The number of rotatable bonds is 7. The average molecular weight is 527 g/mol. The molecule has 7 heteroatoms. The minimum absolute atomic E-state index is 0. The highest BCUT2D eigenvalue weighted by Gasteiger charge is 2.28. The van der Waals surface area contributed by atoms with E-state index >= 15 is 0 Å². The first-order chi connectivity index (χ1) is 14.1. The average Bonchev–Trinajstić information content (AvgIpc) is 3.41. The maximum absolute atomic E-state index is 12.3. The molecule has 1 amide bonds. The van der Waals surface area contributed by atoms with Gasteiger partial charge in [0.1, 0.15) is 0 Å². The van der Waals surface area contributed by atoms with Gasteiger partial charge < -0.3 is 15.5 Å². The molecule has 3 rings (SSSR count). The van der Waals surface area contributed by atoms with Gasteiger partial charge >= 0.3 is 0 Å². The number of benzene rings is 1. The molecule has 2 saturated heterocycles. The Bertz CT molecular complexity index is 675. The molecule has 2 fully saturated rings. The second-order valence-electron chi connectivity index (χ2n) is 8.46. The number of likely N-dealkylation sites (tertiary alicyclic amines) is 2. The van der Waals surface area contributed by atoms with Crippen molar-refractivity contribution in [3.05, 3.63) is 35.9 Å². The van der Waals surface area contributed by atoms with Crippen LogP contribution in [0, 0.1) is 5.92 Å². The molecular formula is C23H38IN5O. The minimum Gasteiger partial charge on any atom is -0.357 e. The van der Waals surface area contributed by atoms with E-state index in [1.165, 1.54) is 18.4 Å².